The lowest BCUT2D eigenvalue weighted by molar-refractivity contribution is -0.117. The fourth-order valence-corrected chi connectivity index (χ4v) is 2.86. The lowest BCUT2D eigenvalue weighted by Gasteiger charge is -2.15. The van der Waals surface area contributed by atoms with Gasteiger partial charge in [0.05, 0.1) is 13.1 Å². The smallest absolute Gasteiger partial charge is 0.227 e. The Morgan fingerprint density at radius 2 is 2.04 bits per heavy atom. The first-order valence-corrected chi connectivity index (χ1v) is 8.91. The summed E-state index contributed by atoms with van der Waals surface area (Å²) in [5.74, 6) is 1.78. The molecule has 0 radical (unpaired) electrons. The van der Waals surface area contributed by atoms with Crippen LogP contribution in [-0.2, 0) is 24.9 Å². The van der Waals surface area contributed by atoms with Gasteiger partial charge in [-0.15, -0.1) is 24.0 Å². The second kappa shape index (κ2) is 10.2. The van der Waals surface area contributed by atoms with E-state index in [0.717, 1.165) is 42.5 Å². The molecule has 1 aromatic carbocycles. The molecule has 0 unspecified atom stereocenters. The Bertz CT molecular complexity index is 772. The number of rotatable bonds is 6. The van der Waals surface area contributed by atoms with Crippen LogP contribution in [0.15, 0.2) is 35.6 Å². The highest BCUT2D eigenvalue weighted by molar-refractivity contribution is 14.0. The fraction of sp³-hybridized carbons (Fsp3) is 0.444. The van der Waals surface area contributed by atoms with Crippen molar-refractivity contribution in [2.75, 3.05) is 18.0 Å². The number of hydrogen-bond donors (Lipinski definition) is 2. The highest BCUT2D eigenvalue weighted by atomic mass is 127. The average Bonchev–Trinajstić information content (AvgIpc) is 3.26. The largest absolute Gasteiger partial charge is 0.357 e. The maximum atomic E-state index is 11.8. The number of hydrogen-bond acceptors (Lipinski definition) is 4. The van der Waals surface area contributed by atoms with Gasteiger partial charge in [-0.1, -0.05) is 12.1 Å². The van der Waals surface area contributed by atoms with E-state index in [1.54, 1.807) is 4.68 Å². The van der Waals surface area contributed by atoms with E-state index < -0.39 is 0 Å². The van der Waals surface area contributed by atoms with Gasteiger partial charge in [0, 0.05) is 32.2 Å². The second-order valence-corrected chi connectivity index (χ2v) is 6.16. The number of guanidine groups is 1. The third-order valence-electron chi connectivity index (χ3n) is 4.30. The van der Waals surface area contributed by atoms with Crippen LogP contribution in [0.4, 0.5) is 5.69 Å². The molecule has 0 spiro atoms. The number of amides is 1. The Morgan fingerprint density at radius 3 is 2.63 bits per heavy atom. The number of nitrogens with zero attached hydrogens (tertiary/aromatic N) is 5. The van der Waals surface area contributed by atoms with Crippen LogP contribution in [0.5, 0.6) is 0 Å². The van der Waals surface area contributed by atoms with Gasteiger partial charge >= 0.3 is 0 Å². The van der Waals surface area contributed by atoms with Crippen LogP contribution in [-0.4, -0.2) is 39.7 Å². The van der Waals surface area contributed by atoms with Crippen LogP contribution < -0.4 is 15.5 Å². The Hall–Kier alpha value is -2.17. The van der Waals surface area contributed by atoms with E-state index in [4.69, 9.17) is 0 Å². The first-order chi connectivity index (χ1) is 12.7. The van der Waals surface area contributed by atoms with Crippen molar-refractivity contribution in [3.8, 4) is 0 Å². The van der Waals surface area contributed by atoms with Crippen LogP contribution >= 0.6 is 24.0 Å². The summed E-state index contributed by atoms with van der Waals surface area (Å²) < 4.78 is 1.73. The summed E-state index contributed by atoms with van der Waals surface area (Å²) in [7, 11) is 1.86. The van der Waals surface area contributed by atoms with Crippen LogP contribution in [0.2, 0.25) is 0 Å². The first-order valence-electron chi connectivity index (χ1n) is 8.91. The van der Waals surface area contributed by atoms with Gasteiger partial charge in [-0.2, -0.15) is 5.10 Å². The minimum Gasteiger partial charge on any atom is -0.357 e. The highest BCUT2D eigenvalue weighted by Crippen LogP contribution is 2.21. The van der Waals surface area contributed by atoms with E-state index in [-0.39, 0.29) is 29.9 Å². The number of carbonyl (C=O) groups is 1. The van der Waals surface area contributed by atoms with E-state index in [9.17, 15) is 4.79 Å². The quantitative estimate of drug-likeness (QED) is 0.372. The number of carbonyl (C=O) groups excluding carboxylic acids is 1. The molecule has 1 fully saturated rings. The number of halogens is 1. The molecule has 0 aliphatic carbocycles. The lowest BCUT2D eigenvalue weighted by Crippen LogP contribution is -2.37. The Balaban J connectivity index is 0.00000261. The predicted octanol–water partition coefficient (Wildman–Crippen LogP) is 1.82. The number of aryl methyl sites for hydroxylation is 1. The van der Waals surface area contributed by atoms with Crippen LogP contribution in [0.25, 0.3) is 0 Å². The Morgan fingerprint density at radius 1 is 1.26 bits per heavy atom. The third kappa shape index (κ3) is 5.65. The van der Waals surface area contributed by atoms with Gasteiger partial charge in [0.1, 0.15) is 12.2 Å². The van der Waals surface area contributed by atoms with Crippen molar-refractivity contribution in [1.29, 1.82) is 0 Å². The zero-order chi connectivity index (χ0) is 18.4. The molecule has 1 saturated heterocycles. The molecule has 2 N–H and O–H groups in total. The molecule has 0 saturated carbocycles. The molecule has 1 aliphatic heterocycles. The summed E-state index contributed by atoms with van der Waals surface area (Å²) in [5.41, 5.74) is 2.06. The van der Waals surface area contributed by atoms with Crippen LogP contribution in [0.3, 0.4) is 0 Å². The molecule has 0 atom stereocenters. The predicted molar refractivity (Wildman–Crippen MR) is 116 cm³/mol. The minimum atomic E-state index is 0. The van der Waals surface area contributed by atoms with E-state index in [1.807, 2.05) is 43.1 Å². The van der Waals surface area contributed by atoms with Gasteiger partial charge in [0.15, 0.2) is 5.96 Å². The second-order valence-electron chi connectivity index (χ2n) is 6.16. The molecule has 1 amide bonds. The van der Waals surface area contributed by atoms with Crippen LogP contribution in [0, 0.1) is 0 Å². The zero-order valence-electron chi connectivity index (χ0n) is 15.7. The minimum absolute atomic E-state index is 0. The van der Waals surface area contributed by atoms with Crippen molar-refractivity contribution in [2.24, 2.45) is 12.0 Å². The number of anilines is 1. The van der Waals surface area contributed by atoms with Crippen molar-refractivity contribution in [3.05, 3.63) is 42.0 Å². The van der Waals surface area contributed by atoms with E-state index in [1.165, 1.54) is 6.33 Å². The van der Waals surface area contributed by atoms with Crippen molar-refractivity contribution in [3.63, 3.8) is 0 Å². The van der Waals surface area contributed by atoms with Gasteiger partial charge in [-0.3, -0.25) is 9.48 Å². The normalized spacial score (nSPS) is 14.2. The molecule has 2 aromatic rings. The van der Waals surface area contributed by atoms with E-state index in [0.29, 0.717) is 19.5 Å². The van der Waals surface area contributed by atoms with Gasteiger partial charge in [-0.25, -0.2) is 9.98 Å². The zero-order valence-corrected chi connectivity index (χ0v) is 18.0. The number of nitrogens with one attached hydrogen (secondary N) is 2. The fourth-order valence-electron chi connectivity index (χ4n) is 2.86. The van der Waals surface area contributed by atoms with Crippen molar-refractivity contribution < 1.29 is 4.79 Å². The van der Waals surface area contributed by atoms with E-state index >= 15 is 0 Å². The topological polar surface area (TPSA) is 87.4 Å². The average molecular weight is 483 g/mol. The molecule has 27 heavy (non-hydrogen) atoms. The van der Waals surface area contributed by atoms with Crippen molar-refractivity contribution >= 4 is 41.5 Å². The van der Waals surface area contributed by atoms with Crippen molar-refractivity contribution in [2.45, 2.75) is 32.9 Å². The SMILES string of the molecule is CCNC(=NCc1ccc(N2CCCC2=O)cc1)NCc1ncnn1C.I. The van der Waals surface area contributed by atoms with Crippen LogP contribution in [0.1, 0.15) is 31.2 Å². The maximum absolute atomic E-state index is 11.8. The Kier molecular flexibility index (Phi) is 8.01. The summed E-state index contributed by atoms with van der Waals surface area (Å²) in [6.07, 6.45) is 3.12. The summed E-state index contributed by atoms with van der Waals surface area (Å²) in [6.45, 7) is 4.73. The standard InChI is InChI=1S/C18H25N7O.HI/c1-3-19-18(21-12-16-22-13-23-24(16)2)20-11-14-6-8-15(9-7-14)25-10-4-5-17(25)26;/h6-9,13H,3-5,10-12H2,1-2H3,(H2,19,20,21);1H. The molecule has 3 rings (SSSR count). The van der Waals surface area contributed by atoms with Gasteiger partial charge < -0.3 is 15.5 Å². The van der Waals surface area contributed by atoms with Crippen molar-refractivity contribution in [1.82, 2.24) is 25.4 Å². The number of aromatic nitrogens is 3. The third-order valence-corrected chi connectivity index (χ3v) is 4.30. The molecule has 1 aromatic heterocycles. The molecule has 8 nitrogen and oxygen atoms in total. The number of aliphatic imine (C=N–C) groups is 1. The Labute approximate surface area is 176 Å². The lowest BCUT2D eigenvalue weighted by atomic mass is 10.2. The maximum Gasteiger partial charge on any atom is 0.227 e. The van der Waals surface area contributed by atoms with E-state index in [2.05, 4.69) is 25.7 Å². The summed E-state index contributed by atoms with van der Waals surface area (Å²) in [5, 5.41) is 10.5. The summed E-state index contributed by atoms with van der Waals surface area (Å²) in [4.78, 5) is 22.5. The number of benzene rings is 1. The molecule has 2 heterocycles. The summed E-state index contributed by atoms with van der Waals surface area (Å²) >= 11 is 0. The van der Waals surface area contributed by atoms with Gasteiger partial charge in [-0.05, 0) is 31.0 Å². The first kappa shape index (κ1) is 21.1. The summed E-state index contributed by atoms with van der Waals surface area (Å²) in [6, 6.07) is 8.04. The molecular weight excluding hydrogens is 457 g/mol. The highest BCUT2D eigenvalue weighted by Gasteiger charge is 2.21. The molecule has 1 aliphatic rings. The van der Waals surface area contributed by atoms with Gasteiger partial charge in [0.25, 0.3) is 0 Å². The monoisotopic (exact) mass is 483 g/mol. The molecular formula is C18H26IN7O. The molecule has 146 valence electrons. The molecule has 0 bridgehead atoms. The van der Waals surface area contributed by atoms with Gasteiger partial charge in [0.2, 0.25) is 5.91 Å². The molecule has 9 heteroatoms.